The van der Waals surface area contributed by atoms with Gasteiger partial charge < -0.3 is 18.5 Å². The predicted molar refractivity (Wildman–Crippen MR) is 125 cm³/mol. The van der Waals surface area contributed by atoms with Crippen LogP contribution in [0, 0.1) is 17.2 Å². The van der Waals surface area contributed by atoms with Crippen molar-refractivity contribution in [2.24, 2.45) is 5.92 Å². The first-order valence-electron chi connectivity index (χ1n) is 11.1. The van der Waals surface area contributed by atoms with Crippen LogP contribution in [0.3, 0.4) is 0 Å². The highest BCUT2D eigenvalue weighted by atomic mass is 31.2. The Hall–Kier alpha value is -1.86. The van der Waals surface area contributed by atoms with Gasteiger partial charge in [0.15, 0.2) is 6.23 Å². The highest BCUT2D eigenvalue weighted by molar-refractivity contribution is 7.44. The average molecular weight is 483 g/mol. The molecule has 1 fully saturated rings. The minimum atomic E-state index is -1.42. The van der Waals surface area contributed by atoms with Gasteiger partial charge in [-0.05, 0) is 27.7 Å². The number of nitrogens with one attached hydrogen (secondary N) is 1. The number of aromatic amines is 1. The minimum Gasteiger partial charge on any atom is -0.369 e. The van der Waals surface area contributed by atoms with Gasteiger partial charge in [0.1, 0.15) is 6.10 Å². The minimum absolute atomic E-state index is 0.115. The summed E-state index contributed by atoms with van der Waals surface area (Å²) < 4.78 is 27.8. The number of aromatic nitrogens is 2. The van der Waals surface area contributed by atoms with Crippen LogP contribution in [0.4, 0.5) is 0 Å². The fraction of sp³-hybridized carbons (Fsp3) is 0.682. The molecular formula is C22H35N4O6P. The van der Waals surface area contributed by atoms with Crippen LogP contribution in [0.2, 0.25) is 0 Å². The van der Waals surface area contributed by atoms with Crippen LogP contribution in [0.5, 0.6) is 0 Å². The number of nitrogens with zero attached hydrogens (tertiary/aromatic N) is 3. The van der Waals surface area contributed by atoms with Gasteiger partial charge in [-0.3, -0.25) is 14.3 Å². The van der Waals surface area contributed by atoms with Gasteiger partial charge in [0.2, 0.25) is 0 Å². The van der Waals surface area contributed by atoms with Crippen LogP contribution in [0.25, 0.3) is 0 Å². The molecule has 2 heterocycles. The number of hydrogen-bond acceptors (Lipinski definition) is 8. The molecule has 1 aliphatic heterocycles. The molecule has 10 nitrogen and oxygen atoms in total. The Morgan fingerprint density at radius 3 is 2.61 bits per heavy atom. The summed E-state index contributed by atoms with van der Waals surface area (Å²) >= 11 is 0. The van der Waals surface area contributed by atoms with E-state index in [9.17, 15) is 9.59 Å². The molecule has 2 rings (SSSR count). The molecular weight excluding hydrogens is 447 g/mol. The van der Waals surface area contributed by atoms with E-state index < -0.39 is 32.1 Å². The number of nitriles is 1. The third kappa shape index (κ3) is 7.31. The van der Waals surface area contributed by atoms with E-state index in [-0.39, 0.29) is 43.7 Å². The second kappa shape index (κ2) is 13.1. The molecule has 11 heteroatoms. The molecule has 5 atom stereocenters. The standard InChI is InChI=1S/C22H35N4O6P/c1-7-12-29-20-17(6)18(32-21(20)25-11-9-19(27)24-22(25)28)14-31-33(30-13-8-10-23)26(15(2)3)16(4)5/h7,9,11,15-18,20-21H,1,8,12-14H2,2-6H3,(H,24,27,28)/t17-,18-,20-,21-,33?/m1/s1. The fourth-order valence-electron chi connectivity index (χ4n) is 3.76. The van der Waals surface area contributed by atoms with Crippen LogP contribution in [0.15, 0.2) is 34.5 Å². The van der Waals surface area contributed by atoms with Crippen molar-refractivity contribution < 1.29 is 18.5 Å². The molecule has 0 amide bonds. The molecule has 1 aromatic rings. The van der Waals surface area contributed by atoms with Gasteiger partial charge in [-0.2, -0.15) is 5.26 Å². The van der Waals surface area contributed by atoms with Crippen LogP contribution in [-0.2, 0) is 18.5 Å². The maximum Gasteiger partial charge on any atom is 0.330 e. The lowest BCUT2D eigenvalue weighted by atomic mass is 10.0. The molecule has 0 radical (unpaired) electrons. The predicted octanol–water partition coefficient (Wildman–Crippen LogP) is 2.93. The molecule has 0 aromatic carbocycles. The van der Waals surface area contributed by atoms with Crippen molar-refractivity contribution in [2.45, 2.75) is 71.6 Å². The molecule has 184 valence electrons. The lowest BCUT2D eigenvalue weighted by Gasteiger charge is -2.36. The van der Waals surface area contributed by atoms with Gasteiger partial charge >= 0.3 is 5.69 Å². The van der Waals surface area contributed by atoms with Crippen molar-refractivity contribution in [1.82, 2.24) is 14.2 Å². The summed E-state index contributed by atoms with van der Waals surface area (Å²) in [4.78, 5) is 26.1. The number of hydrogen-bond donors (Lipinski definition) is 1. The summed E-state index contributed by atoms with van der Waals surface area (Å²) in [5.41, 5.74) is -1.05. The highest BCUT2D eigenvalue weighted by Crippen LogP contribution is 2.47. The van der Waals surface area contributed by atoms with Crippen molar-refractivity contribution >= 4 is 8.53 Å². The summed E-state index contributed by atoms with van der Waals surface area (Å²) in [7, 11) is -1.42. The molecule has 1 aromatic heterocycles. The van der Waals surface area contributed by atoms with E-state index in [2.05, 4.69) is 50.0 Å². The van der Waals surface area contributed by atoms with Gasteiger partial charge in [0.05, 0.1) is 38.4 Å². The summed E-state index contributed by atoms with van der Waals surface area (Å²) in [6.45, 7) is 14.7. The third-order valence-electron chi connectivity index (χ3n) is 5.24. The molecule has 33 heavy (non-hydrogen) atoms. The third-order valence-corrected chi connectivity index (χ3v) is 7.32. The van der Waals surface area contributed by atoms with E-state index in [0.29, 0.717) is 6.61 Å². The highest BCUT2D eigenvalue weighted by Gasteiger charge is 2.45. The van der Waals surface area contributed by atoms with Gasteiger partial charge in [-0.25, -0.2) is 9.46 Å². The maximum atomic E-state index is 12.4. The van der Waals surface area contributed by atoms with Crippen molar-refractivity contribution in [2.75, 3.05) is 19.8 Å². The lowest BCUT2D eigenvalue weighted by molar-refractivity contribution is -0.0671. The Bertz CT molecular complexity index is 903. The Labute approximate surface area is 196 Å². The molecule has 0 aliphatic carbocycles. The zero-order valence-electron chi connectivity index (χ0n) is 20.0. The van der Waals surface area contributed by atoms with Crippen LogP contribution in [0.1, 0.15) is 47.3 Å². The zero-order chi connectivity index (χ0) is 24.5. The summed E-state index contributed by atoms with van der Waals surface area (Å²) in [6, 6.07) is 3.71. The SMILES string of the molecule is C=CCO[C@@H]1[C@H](C)[C@@H](COP(OCCC#N)N(C(C)C)C(C)C)O[C@H]1n1ccc(=O)[nH]c1=O. The molecule has 0 bridgehead atoms. The molecule has 1 N–H and O–H groups in total. The monoisotopic (exact) mass is 482 g/mol. The maximum absolute atomic E-state index is 12.4. The fourth-order valence-corrected chi connectivity index (χ4v) is 5.38. The lowest BCUT2D eigenvalue weighted by Crippen LogP contribution is -2.37. The molecule has 1 unspecified atom stereocenters. The van der Waals surface area contributed by atoms with E-state index in [1.807, 2.05) is 6.92 Å². The number of ether oxygens (including phenoxy) is 2. The Kier molecular flexibility index (Phi) is 10.9. The van der Waals surface area contributed by atoms with E-state index >= 15 is 0 Å². The first-order chi connectivity index (χ1) is 15.7. The van der Waals surface area contributed by atoms with Crippen LogP contribution >= 0.6 is 8.53 Å². The Morgan fingerprint density at radius 1 is 1.33 bits per heavy atom. The topological polar surface area (TPSA) is 119 Å². The number of H-pyrrole nitrogens is 1. The zero-order valence-corrected chi connectivity index (χ0v) is 20.9. The normalized spacial score (nSPS) is 23.8. The van der Waals surface area contributed by atoms with Crippen LogP contribution < -0.4 is 11.2 Å². The smallest absolute Gasteiger partial charge is 0.330 e. The van der Waals surface area contributed by atoms with Gasteiger partial charge in [0, 0.05) is 30.3 Å². The first-order valence-corrected chi connectivity index (χ1v) is 12.2. The van der Waals surface area contributed by atoms with Gasteiger partial charge in [0.25, 0.3) is 14.1 Å². The van der Waals surface area contributed by atoms with E-state index in [1.54, 1.807) is 6.08 Å². The Balaban J connectivity index is 2.21. The molecule has 0 spiro atoms. The Morgan fingerprint density at radius 2 is 2.03 bits per heavy atom. The van der Waals surface area contributed by atoms with Crippen LogP contribution in [-0.4, -0.2) is 58.3 Å². The summed E-state index contributed by atoms with van der Waals surface area (Å²) in [6.07, 6.45) is 1.76. The summed E-state index contributed by atoms with van der Waals surface area (Å²) in [5.74, 6) is -0.115. The first kappa shape index (κ1) is 27.4. The van der Waals surface area contributed by atoms with Crippen molar-refractivity contribution in [3.05, 3.63) is 45.8 Å². The second-order valence-corrected chi connectivity index (χ2v) is 9.82. The number of rotatable bonds is 13. The van der Waals surface area contributed by atoms with Crippen molar-refractivity contribution in [3.63, 3.8) is 0 Å². The largest absolute Gasteiger partial charge is 0.369 e. The van der Waals surface area contributed by atoms with Gasteiger partial charge in [-0.15, -0.1) is 6.58 Å². The summed E-state index contributed by atoms with van der Waals surface area (Å²) in [5, 5.41) is 8.88. The molecule has 1 saturated heterocycles. The molecule has 1 aliphatic rings. The van der Waals surface area contributed by atoms with Gasteiger partial charge in [-0.1, -0.05) is 13.0 Å². The van der Waals surface area contributed by atoms with Crippen molar-refractivity contribution in [1.29, 1.82) is 5.26 Å². The average Bonchev–Trinajstić information content (AvgIpc) is 3.05. The quantitative estimate of drug-likeness (QED) is 0.259. The van der Waals surface area contributed by atoms with Crippen molar-refractivity contribution in [3.8, 4) is 6.07 Å². The molecule has 0 saturated carbocycles. The van der Waals surface area contributed by atoms with E-state index in [1.165, 1.54) is 16.8 Å². The van der Waals surface area contributed by atoms with E-state index in [4.69, 9.17) is 23.8 Å². The second-order valence-electron chi connectivity index (χ2n) is 8.37. The van der Waals surface area contributed by atoms with E-state index in [0.717, 1.165) is 0 Å².